The number of phenols is 1. The molecule has 4 N–H and O–H groups in total. The van der Waals surface area contributed by atoms with E-state index in [9.17, 15) is 9.90 Å². The molecule has 0 fully saturated rings. The SMILES string of the molecule is COc1cccc(C(=O)NCC(C)CN)c1O. The maximum absolute atomic E-state index is 11.8. The minimum atomic E-state index is -0.332. The van der Waals surface area contributed by atoms with E-state index < -0.39 is 0 Å². The largest absolute Gasteiger partial charge is 0.504 e. The molecule has 5 nitrogen and oxygen atoms in total. The summed E-state index contributed by atoms with van der Waals surface area (Å²) < 4.78 is 4.93. The summed E-state index contributed by atoms with van der Waals surface area (Å²) in [5.74, 6) is 0.00539. The van der Waals surface area contributed by atoms with Gasteiger partial charge < -0.3 is 20.9 Å². The Morgan fingerprint density at radius 2 is 2.29 bits per heavy atom. The maximum Gasteiger partial charge on any atom is 0.255 e. The van der Waals surface area contributed by atoms with E-state index in [1.165, 1.54) is 7.11 Å². The number of nitrogens with two attached hydrogens (primary N) is 1. The van der Waals surface area contributed by atoms with E-state index in [2.05, 4.69) is 5.32 Å². The molecule has 1 aromatic rings. The van der Waals surface area contributed by atoms with Crippen molar-refractivity contribution in [2.75, 3.05) is 20.2 Å². The molecule has 1 aromatic carbocycles. The minimum absolute atomic E-state index is 0.145. The van der Waals surface area contributed by atoms with E-state index in [4.69, 9.17) is 10.5 Å². The Kier molecular flexibility index (Phi) is 4.78. The highest BCUT2D eigenvalue weighted by Crippen LogP contribution is 2.29. The number of ether oxygens (including phenoxy) is 1. The smallest absolute Gasteiger partial charge is 0.255 e. The van der Waals surface area contributed by atoms with Gasteiger partial charge in [-0.25, -0.2) is 0 Å². The first kappa shape index (κ1) is 13.3. The molecular weight excluding hydrogens is 220 g/mol. The molecule has 1 atom stereocenters. The number of methoxy groups -OCH3 is 1. The molecule has 0 saturated carbocycles. The molecular formula is C12H18N2O3. The number of para-hydroxylation sites is 1. The molecule has 0 aliphatic carbocycles. The summed E-state index contributed by atoms with van der Waals surface area (Å²) in [7, 11) is 1.44. The summed E-state index contributed by atoms with van der Waals surface area (Å²) >= 11 is 0. The standard InChI is InChI=1S/C12H18N2O3/c1-8(6-13)7-14-12(16)9-4-3-5-10(17-2)11(9)15/h3-5,8,15H,6-7,13H2,1-2H3,(H,14,16). The van der Waals surface area contributed by atoms with Crippen molar-refractivity contribution < 1.29 is 14.6 Å². The lowest BCUT2D eigenvalue weighted by Crippen LogP contribution is -2.31. The van der Waals surface area contributed by atoms with Crippen molar-refractivity contribution in [2.24, 2.45) is 11.7 Å². The fourth-order valence-corrected chi connectivity index (χ4v) is 1.32. The minimum Gasteiger partial charge on any atom is -0.504 e. The quantitative estimate of drug-likeness (QED) is 0.706. The van der Waals surface area contributed by atoms with Crippen molar-refractivity contribution in [1.82, 2.24) is 5.32 Å². The monoisotopic (exact) mass is 238 g/mol. The van der Waals surface area contributed by atoms with Crippen LogP contribution in [0, 0.1) is 5.92 Å². The number of phenolic OH excluding ortho intramolecular Hbond substituents is 1. The van der Waals surface area contributed by atoms with Gasteiger partial charge in [-0.3, -0.25) is 4.79 Å². The topological polar surface area (TPSA) is 84.6 Å². The number of rotatable bonds is 5. The van der Waals surface area contributed by atoms with Crippen LogP contribution in [0.5, 0.6) is 11.5 Å². The van der Waals surface area contributed by atoms with E-state index >= 15 is 0 Å². The Morgan fingerprint density at radius 3 is 2.88 bits per heavy atom. The summed E-state index contributed by atoms with van der Waals surface area (Å²) in [5, 5.41) is 12.5. The zero-order valence-corrected chi connectivity index (χ0v) is 10.1. The second kappa shape index (κ2) is 6.10. The highest BCUT2D eigenvalue weighted by Gasteiger charge is 2.14. The van der Waals surface area contributed by atoms with E-state index in [1.54, 1.807) is 18.2 Å². The molecule has 1 unspecified atom stereocenters. The molecule has 17 heavy (non-hydrogen) atoms. The average Bonchev–Trinajstić information content (AvgIpc) is 2.35. The highest BCUT2D eigenvalue weighted by molar-refractivity contribution is 5.97. The van der Waals surface area contributed by atoms with Crippen molar-refractivity contribution in [1.29, 1.82) is 0 Å². The number of amides is 1. The van der Waals surface area contributed by atoms with Gasteiger partial charge in [-0.2, -0.15) is 0 Å². The molecule has 0 aliphatic heterocycles. The molecule has 0 spiro atoms. The fraction of sp³-hybridized carbons (Fsp3) is 0.417. The van der Waals surface area contributed by atoms with Gasteiger partial charge in [-0.1, -0.05) is 13.0 Å². The number of hydrogen-bond donors (Lipinski definition) is 3. The van der Waals surface area contributed by atoms with Crippen molar-refractivity contribution in [3.05, 3.63) is 23.8 Å². The third-order valence-corrected chi connectivity index (χ3v) is 2.48. The van der Waals surface area contributed by atoms with Gasteiger partial charge in [0.2, 0.25) is 0 Å². The number of aromatic hydroxyl groups is 1. The second-order valence-corrected chi connectivity index (χ2v) is 3.91. The van der Waals surface area contributed by atoms with E-state index in [-0.39, 0.29) is 28.9 Å². The molecule has 1 amide bonds. The fourth-order valence-electron chi connectivity index (χ4n) is 1.32. The Labute approximate surface area is 101 Å². The summed E-state index contributed by atoms with van der Waals surface area (Å²) in [6.45, 7) is 2.92. The highest BCUT2D eigenvalue weighted by atomic mass is 16.5. The lowest BCUT2D eigenvalue weighted by molar-refractivity contribution is 0.0945. The van der Waals surface area contributed by atoms with E-state index in [0.29, 0.717) is 13.1 Å². The average molecular weight is 238 g/mol. The zero-order valence-electron chi connectivity index (χ0n) is 10.1. The third kappa shape index (κ3) is 3.35. The first-order valence-electron chi connectivity index (χ1n) is 5.44. The maximum atomic E-state index is 11.8. The number of benzene rings is 1. The van der Waals surface area contributed by atoms with Crippen molar-refractivity contribution in [3.8, 4) is 11.5 Å². The molecule has 0 radical (unpaired) electrons. The summed E-state index contributed by atoms with van der Waals surface area (Å²) in [6, 6.07) is 4.79. The van der Waals surface area contributed by atoms with Crippen LogP contribution in [0.4, 0.5) is 0 Å². The number of hydrogen-bond acceptors (Lipinski definition) is 4. The van der Waals surface area contributed by atoms with Gasteiger partial charge in [0.05, 0.1) is 12.7 Å². The van der Waals surface area contributed by atoms with Gasteiger partial charge >= 0.3 is 0 Å². The first-order chi connectivity index (χ1) is 8.10. The molecule has 0 aromatic heterocycles. The van der Waals surface area contributed by atoms with Crippen LogP contribution >= 0.6 is 0 Å². The van der Waals surface area contributed by atoms with Gasteiger partial charge in [-0.15, -0.1) is 0 Å². The predicted octanol–water partition coefficient (Wildman–Crippen LogP) is 0.725. The zero-order chi connectivity index (χ0) is 12.8. The van der Waals surface area contributed by atoms with Gasteiger partial charge in [0.1, 0.15) is 0 Å². The number of nitrogens with one attached hydrogen (secondary N) is 1. The normalized spacial score (nSPS) is 11.9. The van der Waals surface area contributed by atoms with Crippen molar-refractivity contribution in [3.63, 3.8) is 0 Å². The molecule has 0 heterocycles. The molecule has 1 rings (SSSR count). The van der Waals surface area contributed by atoms with Gasteiger partial charge in [0.25, 0.3) is 5.91 Å². The summed E-state index contributed by atoms with van der Waals surface area (Å²) in [5.41, 5.74) is 5.65. The van der Waals surface area contributed by atoms with Crippen LogP contribution in [0.25, 0.3) is 0 Å². The molecule has 0 aliphatic rings. The van der Waals surface area contributed by atoms with E-state index in [0.717, 1.165) is 0 Å². The van der Waals surface area contributed by atoms with Crippen LogP contribution in [0.3, 0.4) is 0 Å². The Bertz CT molecular complexity index is 393. The Hall–Kier alpha value is -1.75. The van der Waals surface area contributed by atoms with Crippen LogP contribution < -0.4 is 15.8 Å². The van der Waals surface area contributed by atoms with Crippen LogP contribution in [-0.4, -0.2) is 31.2 Å². The molecule has 5 heteroatoms. The summed E-state index contributed by atoms with van der Waals surface area (Å²) in [4.78, 5) is 11.8. The Balaban J connectivity index is 2.75. The van der Waals surface area contributed by atoms with Gasteiger partial charge in [-0.05, 0) is 24.6 Å². The predicted molar refractivity (Wildman–Crippen MR) is 65.2 cm³/mol. The number of carbonyl (C=O) groups is 1. The number of carbonyl (C=O) groups excluding carboxylic acids is 1. The van der Waals surface area contributed by atoms with Gasteiger partial charge in [0, 0.05) is 6.54 Å². The lowest BCUT2D eigenvalue weighted by Gasteiger charge is -2.12. The molecule has 94 valence electrons. The van der Waals surface area contributed by atoms with Crippen LogP contribution in [0.2, 0.25) is 0 Å². The second-order valence-electron chi connectivity index (χ2n) is 3.91. The molecule has 0 bridgehead atoms. The van der Waals surface area contributed by atoms with Crippen molar-refractivity contribution in [2.45, 2.75) is 6.92 Å². The third-order valence-electron chi connectivity index (χ3n) is 2.48. The van der Waals surface area contributed by atoms with Crippen LogP contribution in [0.1, 0.15) is 17.3 Å². The van der Waals surface area contributed by atoms with Gasteiger partial charge in [0.15, 0.2) is 11.5 Å². The van der Waals surface area contributed by atoms with E-state index in [1.807, 2.05) is 6.92 Å². The van der Waals surface area contributed by atoms with Crippen LogP contribution in [-0.2, 0) is 0 Å². The summed E-state index contributed by atoms with van der Waals surface area (Å²) in [6.07, 6.45) is 0. The molecule has 0 saturated heterocycles. The first-order valence-corrected chi connectivity index (χ1v) is 5.44. The van der Waals surface area contributed by atoms with Crippen molar-refractivity contribution >= 4 is 5.91 Å². The Morgan fingerprint density at radius 1 is 1.59 bits per heavy atom. The van der Waals surface area contributed by atoms with Crippen LogP contribution in [0.15, 0.2) is 18.2 Å². The lowest BCUT2D eigenvalue weighted by atomic mass is 10.1.